The molecule has 1 aromatic rings. The quantitative estimate of drug-likeness (QED) is 0.818. The first kappa shape index (κ1) is 13.5. The Morgan fingerprint density at radius 1 is 1.41 bits per heavy atom. The second-order valence-electron chi connectivity index (χ2n) is 4.14. The van der Waals surface area contributed by atoms with Gasteiger partial charge in [-0.1, -0.05) is 12.1 Å². The van der Waals surface area contributed by atoms with Crippen LogP contribution in [0.2, 0.25) is 0 Å². The van der Waals surface area contributed by atoms with Crippen LogP contribution in [0.1, 0.15) is 22.6 Å². The van der Waals surface area contributed by atoms with Gasteiger partial charge in [0.1, 0.15) is 5.75 Å². The van der Waals surface area contributed by atoms with Gasteiger partial charge in [0.15, 0.2) is 0 Å². The number of benzene rings is 1. The van der Waals surface area contributed by atoms with Crippen molar-refractivity contribution in [3.63, 3.8) is 0 Å². The second-order valence-corrected chi connectivity index (χ2v) is 4.14. The topological polar surface area (TPSA) is 58.6 Å². The summed E-state index contributed by atoms with van der Waals surface area (Å²) >= 11 is 0. The molecular formula is C13H19NO3. The van der Waals surface area contributed by atoms with Gasteiger partial charge in [-0.3, -0.25) is 4.79 Å². The number of hydrogen-bond donors (Lipinski definition) is 2. The highest BCUT2D eigenvalue weighted by Crippen LogP contribution is 2.28. The van der Waals surface area contributed by atoms with E-state index < -0.39 is 11.9 Å². The Morgan fingerprint density at radius 2 is 1.94 bits per heavy atom. The van der Waals surface area contributed by atoms with Crippen LogP contribution in [-0.4, -0.2) is 31.8 Å². The smallest absolute Gasteiger partial charge is 0.312 e. The highest BCUT2D eigenvalue weighted by Gasteiger charge is 2.20. The largest absolute Gasteiger partial charge is 0.496 e. The predicted molar refractivity (Wildman–Crippen MR) is 66.8 cm³/mol. The zero-order valence-electron chi connectivity index (χ0n) is 10.7. The van der Waals surface area contributed by atoms with E-state index in [0.29, 0.717) is 6.54 Å². The lowest BCUT2D eigenvalue weighted by molar-refractivity contribution is -0.138. The molecule has 0 bridgehead atoms. The van der Waals surface area contributed by atoms with Crippen molar-refractivity contribution in [3.05, 3.63) is 28.8 Å². The summed E-state index contributed by atoms with van der Waals surface area (Å²) in [7, 11) is 3.37. The number of carboxylic acid groups (broad SMARTS) is 1. The lowest BCUT2D eigenvalue weighted by Crippen LogP contribution is -2.24. The monoisotopic (exact) mass is 237 g/mol. The molecule has 0 saturated heterocycles. The number of hydrogen-bond acceptors (Lipinski definition) is 3. The number of methoxy groups -OCH3 is 1. The van der Waals surface area contributed by atoms with Crippen molar-refractivity contribution in [2.45, 2.75) is 19.8 Å². The molecule has 0 aromatic heterocycles. The van der Waals surface area contributed by atoms with Gasteiger partial charge in [-0.25, -0.2) is 0 Å². The van der Waals surface area contributed by atoms with Gasteiger partial charge in [-0.15, -0.1) is 0 Å². The molecule has 1 aromatic carbocycles. The summed E-state index contributed by atoms with van der Waals surface area (Å²) in [6, 6.07) is 3.75. The summed E-state index contributed by atoms with van der Waals surface area (Å²) in [5.74, 6) is -0.519. The van der Waals surface area contributed by atoms with Gasteiger partial charge < -0.3 is 15.2 Å². The van der Waals surface area contributed by atoms with Crippen LogP contribution in [0, 0.1) is 13.8 Å². The molecule has 0 heterocycles. The van der Waals surface area contributed by atoms with Gasteiger partial charge in [0, 0.05) is 6.54 Å². The summed E-state index contributed by atoms with van der Waals surface area (Å²) in [6.07, 6.45) is 0. The summed E-state index contributed by atoms with van der Waals surface area (Å²) in [5, 5.41) is 12.1. The van der Waals surface area contributed by atoms with E-state index in [1.54, 1.807) is 14.2 Å². The fourth-order valence-electron chi connectivity index (χ4n) is 2.06. The molecule has 0 spiro atoms. The third-order valence-corrected chi connectivity index (χ3v) is 2.80. The molecule has 1 rings (SSSR count). The minimum atomic E-state index is -0.816. The number of nitrogens with one attached hydrogen (secondary N) is 1. The molecule has 0 fully saturated rings. The van der Waals surface area contributed by atoms with Crippen LogP contribution < -0.4 is 10.1 Å². The zero-order chi connectivity index (χ0) is 13.0. The minimum Gasteiger partial charge on any atom is -0.496 e. The van der Waals surface area contributed by atoms with Gasteiger partial charge in [0.05, 0.1) is 13.0 Å². The molecule has 0 aliphatic rings. The molecule has 0 aliphatic carbocycles. The van der Waals surface area contributed by atoms with Crippen LogP contribution in [-0.2, 0) is 4.79 Å². The maximum absolute atomic E-state index is 11.2. The summed E-state index contributed by atoms with van der Waals surface area (Å²) in [5.41, 5.74) is 2.73. The maximum atomic E-state index is 11.2. The van der Waals surface area contributed by atoms with Crippen LogP contribution >= 0.6 is 0 Å². The third kappa shape index (κ3) is 2.97. The summed E-state index contributed by atoms with van der Waals surface area (Å²) < 4.78 is 5.27. The molecule has 17 heavy (non-hydrogen) atoms. The Morgan fingerprint density at radius 3 is 2.29 bits per heavy atom. The number of rotatable bonds is 5. The van der Waals surface area contributed by atoms with E-state index >= 15 is 0 Å². The molecule has 2 N–H and O–H groups in total. The lowest BCUT2D eigenvalue weighted by Gasteiger charge is -2.16. The second kappa shape index (κ2) is 5.68. The number of likely N-dealkylation sites (N-methyl/N-ethyl adjacent to an activating group) is 1. The Bertz CT molecular complexity index is 392. The van der Waals surface area contributed by atoms with E-state index in [1.165, 1.54) is 0 Å². The van der Waals surface area contributed by atoms with Crippen LogP contribution in [0.5, 0.6) is 5.75 Å². The summed E-state index contributed by atoms with van der Waals surface area (Å²) in [4.78, 5) is 11.2. The molecule has 1 atom stereocenters. The van der Waals surface area contributed by atoms with Crippen LogP contribution in [0.15, 0.2) is 12.1 Å². The van der Waals surface area contributed by atoms with Crippen molar-refractivity contribution < 1.29 is 14.6 Å². The van der Waals surface area contributed by atoms with E-state index in [0.717, 1.165) is 22.4 Å². The van der Waals surface area contributed by atoms with E-state index in [1.807, 2.05) is 26.0 Å². The van der Waals surface area contributed by atoms with E-state index in [9.17, 15) is 9.90 Å². The number of aryl methyl sites for hydroxylation is 2. The number of ether oxygens (including phenoxy) is 1. The molecule has 0 aliphatic heterocycles. The van der Waals surface area contributed by atoms with Crippen LogP contribution in [0.25, 0.3) is 0 Å². The Balaban J connectivity index is 3.17. The normalized spacial score (nSPS) is 12.2. The first-order valence-electron chi connectivity index (χ1n) is 5.53. The van der Waals surface area contributed by atoms with Gasteiger partial charge in [-0.05, 0) is 37.6 Å². The van der Waals surface area contributed by atoms with E-state index in [4.69, 9.17) is 4.74 Å². The third-order valence-electron chi connectivity index (χ3n) is 2.80. The molecule has 4 nitrogen and oxygen atoms in total. The van der Waals surface area contributed by atoms with Crippen molar-refractivity contribution in [2.24, 2.45) is 0 Å². The number of carbonyl (C=O) groups is 1. The average molecular weight is 237 g/mol. The molecule has 0 amide bonds. The van der Waals surface area contributed by atoms with Gasteiger partial charge in [-0.2, -0.15) is 0 Å². The standard InChI is InChI=1S/C13H19NO3/c1-8-5-10(6-9(2)12(8)17-4)11(7-14-3)13(15)16/h5-6,11,14H,7H2,1-4H3,(H,15,16). The summed E-state index contributed by atoms with van der Waals surface area (Å²) in [6.45, 7) is 4.27. The number of carboxylic acids is 1. The van der Waals surface area contributed by atoms with Crippen molar-refractivity contribution in [1.82, 2.24) is 5.32 Å². The first-order valence-corrected chi connectivity index (χ1v) is 5.53. The SMILES string of the molecule is CNCC(C(=O)O)c1cc(C)c(OC)c(C)c1. The van der Waals surface area contributed by atoms with Crippen molar-refractivity contribution in [1.29, 1.82) is 0 Å². The molecule has 4 heteroatoms. The lowest BCUT2D eigenvalue weighted by atomic mass is 9.95. The Labute approximate surface area is 102 Å². The maximum Gasteiger partial charge on any atom is 0.312 e. The van der Waals surface area contributed by atoms with Gasteiger partial charge in [0.25, 0.3) is 0 Å². The Kier molecular flexibility index (Phi) is 4.52. The molecule has 0 radical (unpaired) electrons. The molecule has 0 saturated carbocycles. The zero-order valence-corrected chi connectivity index (χ0v) is 10.7. The minimum absolute atomic E-state index is 0.417. The van der Waals surface area contributed by atoms with Crippen molar-refractivity contribution in [3.8, 4) is 5.75 Å². The number of aliphatic carboxylic acids is 1. The fourth-order valence-corrected chi connectivity index (χ4v) is 2.06. The van der Waals surface area contributed by atoms with Gasteiger partial charge in [0.2, 0.25) is 0 Å². The van der Waals surface area contributed by atoms with Crippen LogP contribution in [0.3, 0.4) is 0 Å². The van der Waals surface area contributed by atoms with E-state index in [-0.39, 0.29) is 0 Å². The Hall–Kier alpha value is -1.55. The predicted octanol–water partition coefficient (Wildman–Crippen LogP) is 1.70. The first-order chi connectivity index (χ1) is 8.01. The van der Waals surface area contributed by atoms with Crippen molar-refractivity contribution >= 4 is 5.97 Å². The average Bonchev–Trinajstić information content (AvgIpc) is 2.24. The fraction of sp³-hybridized carbons (Fsp3) is 0.462. The van der Waals surface area contributed by atoms with Crippen molar-refractivity contribution in [2.75, 3.05) is 20.7 Å². The highest BCUT2D eigenvalue weighted by molar-refractivity contribution is 5.76. The van der Waals surface area contributed by atoms with Crippen LogP contribution in [0.4, 0.5) is 0 Å². The van der Waals surface area contributed by atoms with E-state index in [2.05, 4.69) is 5.32 Å². The molecular weight excluding hydrogens is 218 g/mol. The molecule has 94 valence electrons. The molecule has 1 unspecified atom stereocenters. The highest BCUT2D eigenvalue weighted by atomic mass is 16.5. The van der Waals surface area contributed by atoms with Gasteiger partial charge >= 0.3 is 5.97 Å².